The van der Waals surface area contributed by atoms with Gasteiger partial charge in [0.15, 0.2) is 10.8 Å². The first-order valence-corrected chi connectivity index (χ1v) is 10.6. The fraction of sp³-hybridized carbons (Fsp3) is 0.333. The maximum absolute atomic E-state index is 13.5. The zero-order valence-electron chi connectivity index (χ0n) is 16.9. The predicted octanol–water partition coefficient (Wildman–Crippen LogP) is 5.13. The first-order valence-electron chi connectivity index (χ1n) is 10.2. The number of anilines is 2. The Morgan fingerprint density at radius 1 is 1.17 bits per heavy atom. The van der Waals surface area contributed by atoms with Gasteiger partial charge >= 0.3 is 0 Å². The third-order valence-electron chi connectivity index (χ3n) is 6.13. The smallest absolute Gasteiger partial charge is 0.259 e. The Morgan fingerprint density at radius 3 is 2.43 bits per heavy atom. The van der Waals surface area contributed by atoms with Crippen LogP contribution in [0.25, 0.3) is 4.85 Å². The number of benzene rings is 2. The van der Waals surface area contributed by atoms with Crippen molar-refractivity contribution >= 4 is 46.6 Å². The summed E-state index contributed by atoms with van der Waals surface area (Å²) in [5.74, 6) is 0.0174. The van der Waals surface area contributed by atoms with Gasteiger partial charge < -0.3 is 9.69 Å². The first-order chi connectivity index (χ1) is 14.5. The summed E-state index contributed by atoms with van der Waals surface area (Å²) in [5, 5.41) is 0.489. The second-order valence-corrected chi connectivity index (χ2v) is 8.32. The third-order valence-corrected chi connectivity index (χ3v) is 6.50. The van der Waals surface area contributed by atoms with Gasteiger partial charge in [-0.2, -0.15) is 0 Å². The number of hydrogen-bond acceptors (Lipinski definition) is 3. The summed E-state index contributed by atoms with van der Waals surface area (Å²) < 4.78 is 0. The Bertz CT molecular complexity index is 1050. The second-order valence-electron chi connectivity index (χ2n) is 7.95. The van der Waals surface area contributed by atoms with E-state index < -0.39 is 5.54 Å². The van der Waals surface area contributed by atoms with Gasteiger partial charge in [-0.05, 0) is 86.6 Å². The molecule has 6 heteroatoms. The summed E-state index contributed by atoms with van der Waals surface area (Å²) in [6, 6.07) is 13.6. The number of nitrogens with zero attached hydrogens (tertiary/aromatic N) is 3. The van der Waals surface area contributed by atoms with Crippen molar-refractivity contribution < 1.29 is 9.59 Å². The summed E-state index contributed by atoms with van der Waals surface area (Å²) in [5.41, 5.74) is 3.61. The van der Waals surface area contributed by atoms with Crippen LogP contribution in [0.2, 0.25) is 0 Å². The number of aryl methyl sites for hydroxylation is 2. The predicted molar refractivity (Wildman–Crippen MR) is 122 cm³/mol. The van der Waals surface area contributed by atoms with Crippen LogP contribution in [0.1, 0.15) is 43.2 Å². The van der Waals surface area contributed by atoms with Crippen LogP contribution in [-0.4, -0.2) is 22.8 Å². The lowest BCUT2D eigenvalue weighted by Crippen LogP contribution is -2.55. The van der Waals surface area contributed by atoms with Gasteiger partial charge in [-0.3, -0.25) is 9.69 Å². The Hall–Kier alpha value is -3.04. The molecule has 1 saturated heterocycles. The molecular weight excluding hydrogens is 394 g/mol. The zero-order chi connectivity index (χ0) is 21.3. The molecule has 1 heterocycles. The normalized spacial score (nSPS) is 17.2. The molecule has 0 atom stereocenters. The van der Waals surface area contributed by atoms with Crippen molar-refractivity contribution in [2.75, 3.05) is 9.80 Å². The largest absolute Gasteiger partial charge is 0.303 e. The average molecular weight is 418 g/mol. The van der Waals surface area contributed by atoms with E-state index in [-0.39, 0.29) is 5.91 Å². The second kappa shape index (κ2) is 8.00. The maximum atomic E-state index is 13.5. The molecule has 5 nitrogen and oxygen atoms in total. The summed E-state index contributed by atoms with van der Waals surface area (Å²) in [6.45, 7) is 9.13. The van der Waals surface area contributed by atoms with Gasteiger partial charge in [0, 0.05) is 17.8 Å². The van der Waals surface area contributed by atoms with Gasteiger partial charge in [-0.15, -0.1) is 0 Å². The molecule has 1 aliphatic carbocycles. The number of carbonyl (C=O) groups excluding carboxylic acids is 2. The zero-order valence-corrected chi connectivity index (χ0v) is 17.7. The minimum absolute atomic E-state index is 0.0174. The van der Waals surface area contributed by atoms with Gasteiger partial charge in [0.2, 0.25) is 0 Å². The molecule has 0 bridgehead atoms. The molecule has 2 aliphatic rings. The highest BCUT2D eigenvalue weighted by atomic mass is 32.1. The number of thiocarbonyl (C=S) groups is 1. The monoisotopic (exact) mass is 417 g/mol. The molecule has 1 aliphatic heterocycles. The third kappa shape index (κ3) is 3.20. The summed E-state index contributed by atoms with van der Waals surface area (Å²) in [6.07, 6.45) is 5.76. The molecule has 2 fully saturated rings. The average Bonchev–Trinajstić information content (AvgIpc) is 2.95. The van der Waals surface area contributed by atoms with Crippen molar-refractivity contribution in [1.29, 1.82) is 0 Å². The van der Waals surface area contributed by atoms with Crippen molar-refractivity contribution in [3.8, 4) is 0 Å². The number of carbonyl (C=O) groups is 2. The van der Waals surface area contributed by atoms with Crippen molar-refractivity contribution in [3.05, 3.63) is 65.0 Å². The standard InChI is InChI=1S/C24H23N3O2S/c1-17-16-20(11-12-21(17)25-2)26-22(29)24(13-5-14-24)27(23(26)30)19-9-7-18(8-10-19)6-3-4-15-28/h7-12,15-16H,3-6,13-14H2,1H3. The van der Waals surface area contributed by atoms with E-state index in [2.05, 4.69) is 17.0 Å². The van der Waals surface area contributed by atoms with Gasteiger partial charge in [-0.1, -0.05) is 18.2 Å². The van der Waals surface area contributed by atoms with Gasteiger partial charge in [0.25, 0.3) is 5.91 Å². The summed E-state index contributed by atoms with van der Waals surface area (Å²) in [4.78, 5) is 31.2. The minimum Gasteiger partial charge on any atom is -0.303 e. The first kappa shape index (κ1) is 20.2. The van der Waals surface area contributed by atoms with E-state index >= 15 is 0 Å². The molecule has 0 radical (unpaired) electrons. The SMILES string of the molecule is [C-]#[N+]c1ccc(N2C(=O)C3(CCC3)N(c3ccc(CCCC=O)cc3)C2=S)cc1C. The number of hydrogen-bond donors (Lipinski definition) is 0. The van der Waals surface area contributed by atoms with Crippen LogP contribution in [0.4, 0.5) is 17.1 Å². The van der Waals surface area contributed by atoms with E-state index in [9.17, 15) is 9.59 Å². The van der Waals surface area contributed by atoms with Gasteiger partial charge in [0.1, 0.15) is 11.8 Å². The van der Waals surface area contributed by atoms with Crippen LogP contribution in [0.5, 0.6) is 0 Å². The molecule has 2 aromatic rings. The molecule has 0 N–H and O–H groups in total. The Morgan fingerprint density at radius 2 is 1.87 bits per heavy atom. The molecular formula is C24H23N3O2S. The van der Waals surface area contributed by atoms with Crippen LogP contribution in [0.3, 0.4) is 0 Å². The van der Waals surface area contributed by atoms with Crippen LogP contribution in [0, 0.1) is 13.5 Å². The molecule has 2 aromatic carbocycles. The lowest BCUT2D eigenvalue weighted by Gasteiger charge is -2.43. The molecule has 0 aromatic heterocycles. The van der Waals surface area contributed by atoms with Crippen LogP contribution < -0.4 is 9.80 Å². The number of aldehydes is 1. The number of unbranched alkanes of at least 4 members (excludes halogenated alkanes) is 1. The van der Waals surface area contributed by atoms with Crippen LogP contribution >= 0.6 is 12.2 Å². The maximum Gasteiger partial charge on any atom is 0.259 e. The van der Waals surface area contributed by atoms with Gasteiger partial charge in [0.05, 0.1) is 6.57 Å². The summed E-state index contributed by atoms with van der Waals surface area (Å²) in [7, 11) is 0. The van der Waals surface area contributed by atoms with E-state index in [1.165, 1.54) is 5.56 Å². The Balaban J connectivity index is 1.66. The van der Waals surface area contributed by atoms with Crippen molar-refractivity contribution in [2.45, 2.75) is 51.0 Å². The molecule has 1 amide bonds. The highest BCUT2D eigenvalue weighted by Gasteiger charge is 2.59. The van der Waals surface area contributed by atoms with Crippen LogP contribution in [0.15, 0.2) is 42.5 Å². The van der Waals surface area contributed by atoms with Crippen molar-refractivity contribution in [2.24, 2.45) is 0 Å². The molecule has 152 valence electrons. The Kier molecular flexibility index (Phi) is 5.40. The molecule has 0 unspecified atom stereocenters. The number of amides is 1. The lowest BCUT2D eigenvalue weighted by atomic mass is 9.75. The van der Waals surface area contributed by atoms with Crippen LogP contribution in [-0.2, 0) is 16.0 Å². The topological polar surface area (TPSA) is 45.0 Å². The molecule has 30 heavy (non-hydrogen) atoms. The highest BCUT2D eigenvalue weighted by Crippen LogP contribution is 2.48. The fourth-order valence-corrected chi connectivity index (χ4v) is 4.78. The van der Waals surface area contributed by atoms with E-state index in [1.54, 1.807) is 17.0 Å². The van der Waals surface area contributed by atoms with E-state index in [0.29, 0.717) is 22.9 Å². The van der Waals surface area contributed by atoms with Crippen molar-refractivity contribution in [1.82, 2.24) is 0 Å². The minimum atomic E-state index is -0.609. The van der Waals surface area contributed by atoms with Crippen molar-refractivity contribution in [3.63, 3.8) is 0 Å². The highest BCUT2D eigenvalue weighted by molar-refractivity contribution is 7.81. The molecule has 1 saturated carbocycles. The molecule has 1 spiro atoms. The quantitative estimate of drug-likeness (QED) is 0.283. The number of rotatable bonds is 6. The fourth-order valence-electron chi connectivity index (χ4n) is 4.31. The summed E-state index contributed by atoms with van der Waals surface area (Å²) >= 11 is 5.81. The van der Waals surface area contributed by atoms with Gasteiger partial charge in [-0.25, -0.2) is 4.85 Å². The molecule has 4 rings (SSSR count). The van der Waals surface area contributed by atoms with E-state index in [0.717, 1.165) is 49.6 Å². The van der Waals surface area contributed by atoms with E-state index in [1.807, 2.05) is 30.0 Å². The Labute approximate surface area is 182 Å². The van der Waals surface area contributed by atoms with E-state index in [4.69, 9.17) is 18.8 Å². The lowest BCUT2D eigenvalue weighted by molar-refractivity contribution is -0.123.